The zero-order valence-electron chi connectivity index (χ0n) is 13.2. The van der Waals surface area contributed by atoms with E-state index >= 15 is 0 Å². The number of hydrogen-bond acceptors (Lipinski definition) is 4. The molecule has 5 heteroatoms. The number of aryl methyl sites for hydroxylation is 1. The van der Waals surface area contributed by atoms with Crippen molar-refractivity contribution in [1.29, 1.82) is 0 Å². The van der Waals surface area contributed by atoms with Crippen LogP contribution >= 0.6 is 0 Å². The molecule has 1 fully saturated rings. The number of nitrogens with one attached hydrogen (secondary N) is 1. The Hall–Kier alpha value is -1.62. The number of pyridine rings is 1. The summed E-state index contributed by atoms with van der Waals surface area (Å²) in [4.78, 5) is 17.0. The zero-order chi connectivity index (χ0) is 15.5. The molecule has 0 radical (unpaired) electrons. The molecule has 1 amide bonds. The van der Waals surface area contributed by atoms with Crippen molar-refractivity contribution in [1.82, 2.24) is 4.98 Å². The van der Waals surface area contributed by atoms with Gasteiger partial charge in [0.15, 0.2) is 0 Å². The van der Waals surface area contributed by atoms with Crippen molar-refractivity contribution in [2.24, 2.45) is 5.92 Å². The molecule has 1 aromatic rings. The highest BCUT2D eigenvalue weighted by atomic mass is 16.5. The molecule has 116 valence electrons. The summed E-state index contributed by atoms with van der Waals surface area (Å²) in [5.74, 6) is 0.962. The maximum Gasteiger partial charge on any atom is 0.256 e. The van der Waals surface area contributed by atoms with Crippen LogP contribution in [-0.4, -0.2) is 30.7 Å². The summed E-state index contributed by atoms with van der Waals surface area (Å²) in [6, 6.07) is 3.56. The first-order valence-corrected chi connectivity index (χ1v) is 7.39. The van der Waals surface area contributed by atoms with Crippen LogP contribution in [0.5, 0.6) is 5.88 Å². The molecule has 1 aliphatic carbocycles. The Morgan fingerprint density at radius 3 is 2.76 bits per heavy atom. The van der Waals surface area contributed by atoms with E-state index in [9.17, 15) is 4.79 Å². The molecule has 1 heterocycles. The zero-order valence-corrected chi connectivity index (χ0v) is 13.2. The van der Waals surface area contributed by atoms with Crippen molar-refractivity contribution >= 4 is 11.6 Å². The standard InChI is InChI=1S/C16H24N2O3/c1-11-6-5-9-16(10-11,21-4)15(19)18-13-7-8-14(20-3)17-12(13)2/h7-8,11H,5-6,9-10H2,1-4H3,(H,18,19)/t11-,16+/m0/s1. The number of nitrogens with zero attached hydrogens (tertiary/aromatic N) is 1. The Bertz CT molecular complexity index is 518. The van der Waals surface area contributed by atoms with E-state index in [0.29, 0.717) is 17.5 Å². The van der Waals surface area contributed by atoms with E-state index in [1.54, 1.807) is 20.3 Å². The third kappa shape index (κ3) is 3.35. The second kappa shape index (κ2) is 6.43. The van der Waals surface area contributed by atoms with Crippen LogP contribution in [0.1, 0.15) is 38.3 Å². The highest BCUT2D eigenvalue weighted by Crippen LogP contribution is 2.36. The van der Waals surface area contributed by atoms with Gasteiger partial charge in [-0.1, -0.05) is 13.3 Å². The van der Waals surface area contributed by atoms with Crippen LogP contribution in [0, 0.1) is 12.8 Å². The summed E-state index contributed by atoms with van der Waals surface area (Å²) in [6.07, 6.45) is 3.70. The normalized spacial score (nSPS) is 25.4. The lowest BCUT2D eigenvalue weighted by Gasteiger charge is -2.37. The second-order valence-corrected chi connectivity index (χ2v) is 5.84. The van der Waals surface area contributed by atoms with Crippen molar-refractivity contribution < 1.29 is 14.3 Å². The summed E-state index contributed by atoms with van der Waals surface area (Å²) < 4.78 is 10.7. The Balaban J connectivity index is 2.16. The predicted octanol–water partition coefficient (Wildman–Crippen LogP) is 2.93. The fourth-order valence-corrected chi connectivity index (χ4v) is 3.01. The van der Waals surface area contributed by atoms with E-state index in [-0.39, 0.29) is 5.91 Å². The number of ether oxygens (including phenoxy) is 2. The summed E-state index contributed by atoms with van der Waals surface area (Å²) in [5, 5.41) is 2.96. The molecule has 2 atom stereocenters. The van der Waals surface area contributed by atoms with Gasteiger partial charge in [0.05, 0.1) is 18.5 Å². The molecular formula is C16H24N2O3. The minimum Gasteiger partial charge on any atom is -0.481 e. The van der Waals surface area contributed by atoms with E-state index in [1.165, 1.54) is 0 Å². The molecule has 0 saturated heterocycles. The van der Waals surface area contributed by atoms with Gasteiger partial charge in [-0.2, -0.15) is 0 Å². The van der Waals surface area contributed by atoms with Crippen molar-refractivity contribution in [3.8, 4) is 5.88 Å². The van der Waals surface area contributed by atoms with Gasteiger partial charge in [0.25, 0.3) is 5.91 Å². The highest BCUT2D eigenvalue weighted by molar-refractivity contribution is 5.97. The number of amides is 1. The number of hydrogen-bond donors (Lipinski definition) is 1. The van der Waals surface area contributed by atoms with Crippen molar-refractivity contribution in [3.63, 3.8) is 0 Å². The molecule has 0 bridgehead atoms. The topological polar surface area (TPSA) is 60.5 Å². The third-order valence-corrected chi connectivity index (χ3v) is 4.28. The molecular weight excluding hydrogens is 268 g/mol. The molecule has 1 aliphatic rings. The Morgan fingerprint density at radius 2 is 2.19 bits per heavy atom. The van der Waals surface area contributed by atoms with E-state index in [2.05, 4.69) is 17.2 Å². The molecule has 1 aromatic heterocycles. The average Bonchev–Trinajstić information content (AvgIpc) is 2.48. The van der Waals surface area contributed by atoms with Crippen molar-refractivity contribution in [3.05, 3.63) is 17.8 Å². The van der Waals surface area contributed by atoms with Crippen LogP contribution in [0.3, 0.4) is 0 Å². The lowest BCUT2D eigenvalue weighted by molar-refractivity contribution is -0.143. The molecule has 2 rings (SSSR count). The largest absolute Gasteiger partial charge is 0.481 e. The molecule has 0 spiro atoms. The van der Waals surface area contributed by atoms with Crippen LogP contribution in [0.2, 0.25) is 0 Å². The number of methoxy groups -OCH3 is 2. The summed E-state index contributed by atoms with van der Waals surface area (Å²) in [5.41, 5.74) is 0.720. The lowest BCUT2D eigenvalue weighted by atomic mass is 9.78. The Kier molecular flexibility index (Phi) is 4.83. The van der Waals surface area contributed by atoms with Crippen LogP contribution < -0.4 is 10.1 Å². The molecule has 0 unspecified atom stereocenters. The van der Waals surface area contributed by atoms with Crippen LogP contribution in [0.15, 0.2) is 12.1 Å². The van der Waals surface area contributed by atoms with E-state index in [1.807, 2.05) is 13.0 Å². The molecule has 21 heavy (non-hydrogen) atoms. The molecule has 1 N–H and O–H groups in total. The number of carbonyl (C=O) groups is 1. The lowest BCUT2D eigenvalue weighted by Crippen LogP contribution is -2.48. The fourth-order valence-electron chi connectivity index (χ4n) is 3.01. The van der Waals surface area contributed by atoms with Gasteiger partial charge in [0.2, 0.25) is 5.88 Å². The van der Waals surface area contributed by atoms with Crippen LogP contribution in [-0.2, 0) is 9.53 Å². The Morgan fingerprint density at radius 1 is 1.43 bits per heavy atom. The fraction of sp³-hybridized carbons (Fsp3) is 0.625. The van der Waals surface area contributed by atoms with Gasteiger partial charge in [-0.3, -0.25) is 4.79 Å². The van der Waals surface area contributed by atoms with Gasteiger partial charge in [0, 0.05) is 13.2 Å². The van der Waals surface area contributed by atoms with Crippen LogP contribution in [0.4, 0.5) is 5.69 Å². The van der Waals surface area contributed by atoms with Gasteiger partial charge in [-0.15, -0.1) is 0 Å². The minimum atomic E-state index is -0.718. The summed E-state index contributed by atoms with van der Waals surface area (Å²) in [6.45, 7) is 4.02. The minimum absolute atomic E-state index is 0.0772. The summed E-state index contributed by atoms with van der Waals surface area (Å²) in [7, 11) is 3.19. The number of carbonyl (C=O) groups excluding carboxylic acids is 1. The van der Waals surface area contributed by atoms with Crippen molar-refractivity contribution in [2.45, 2.75) is 45.1 Å². The molecule has 5 nitrogen and oxygen atoms in total. The second-order valence-electron chi connectivity index (χ2n) is 5.84. The average molecular weight is 292 g/mol. The number of aromatic nitrogens is 1. The van der Waals surface area contributed by atoms with E-state index < -0.39 is 5.60 Å². The Labute approximate surface area is 126 Å². The third-order valence-electron chi connectivity index (χ3n) is 4.28. The number of anilines is 1. The van der Waals surface area contributed by atoms with Gasteiger partial charge in [-0.05, 0) is 38.2 Å². The highest BCUT2D eigenvalue weighted by Gasteiger charge is 2.42. The van der Waals surface area contributed by atoms with E-state index in [0.717, 1.165) is 31.4 Å². The van der Waals surface area contributed by atoms with Gasteiger partial charge < -0.3 is 14.8 Å². The first-order valence-electron chi connectivity index (χ1n) is 7.39. The predicted molar refractivity (Wildman–Crippen MR) is 81.5 cm³/mol. The van der Waals surface area contributed by atoms with Gasteiger partial charge >= 0.3 is 0 Å². The van der Waals surface area contributed by atoms with Gasteiger partial charge in [-0.25, -0.2) is 4.98 Å². The van der Waals surface area contributed by atoms with Crippen molar-refractivity contribution in [2.75, 3.05) is 19.5 Å². The molecule has 1 saturated carbocycles. The first kappa shape index (κ1) is 15.8. The smallest absolute Gasteiger partial charge is 0.256 e. The maximum atomic E-state index is 12.7. The maximum absolute atomic E-state index is 12.7. The monoisotopic (exact) mass is 292 g/mol. The molecule has 0 aromatic carbocycles. The summed E-state index contributed by atoms with van der Waals surface area (Å²) >= 11 is 0. The van der Waals surface area contributed by atoms with Crippen LogP contribution in [0.25, 0.3) is 0 Å². The van der Waals surface area contributed by atoms with Gasteiger partial charge in [0.1, 0.15) is 5.60 Å². The molecule has 0 aliphatic heterocycles. The quantitative estimate of drug-likeness (QED) is 0.927. The first-order chi connectivity index (χ1) is 10.0. The van der Waals surface area contributed by atoms with E-state index in [4.69, 9.17) is 9.47 Å². The SMILES string of the molecule is COc1ccc(NC(=O)[C@@]2(OC)CCC[C@H](C)C2)c(C)n1. The number of rotatable bonds is 4.